The average Bonchev–Trinajstić information content (AvgIpc) is 2.99. The molecule has 0 aromatic heterocycles. The van der Waals surface area contributed by atoms with E-state index in [1.165, 1.54) is 31.2 Å². The molecule has 0 spiro atoms. The summed E-state index contributed by atoms with van der Waals surface area (Å²) < 4.78 is 91.4. The Bertz CT molecular complexity index is 1210. The molecule has 43 heavy (non-hydrogen) atoms. The van der Waals surface area contributed by atoms with Gasteiger partial charge in [0.15, 0.2) is 0 Å². The zero-order chi connectivity index (χ0) is 31.4. The highest BCUT2D eigenvalue weighted by atomic mass is 19.4. The molecule has 2 aromatic rings. The third kappa shape index (κ3) is 8.35. The van der Waals surface area contributed by atoms with Crippen LogP contribution in [-0.4, -0.2) is 80.6 Å². The Balaban J connectivity index is 1.57. The minimum atomic E-state index is -4.99. The van der Waals surface area contributed by atoms with Crippen LogP contribution in [0, 0.1) is 0 Å². The predicted octanol–water partition coefficient (Wildman–Crippen LogP) is 6.43. The first-order valence-electron chi connectivity index (χ1n) is 14.5. The van der Waals surface area contributed by atoms with Crippen molar-refractivity contribution in [3.05, 3.63) is 58.7 Å². The van der Waals surface area contributed by atoms with E-state index < -0.39 is 35.8 Å². The summed E-state index contributed by atoms with van der Waals surface area (Å²) in [4.78, 5) is 19.5. The minimum absolute atomic E-state index is 0.0658. The number of piperidine rings is 2. The highest BCUT2D eigenvalue weighted by Crippen LogP contribution is 2.38. The molecular formula is C31H39F6N3O3. The number of likely N-dealkylation sites (N-methyl/N-ethyl adjacent to an activating group) is 1. The molecule has 0 saturated carbocycles. The van der Waals surface area contributed by atoms with E-state index in [-0.39, 0.29) is 24.2 Å². The van der Waals surface area contributed by atoms with Crippen molar-refractivity contribution in [1.29, 1.82) is 0 Å². The molecule has 4 rings (SSSR count). The van der Waals surface area contributed by atoms with Crippen molar-refractivity contribution in [2.75, 3.05) is 54.0 Å². The van der Waals surface area contributed by atoms with Crippen LogP contribution in [-0.2, 0) is 23.6 Å². The number of carbonyl (C=O) groups excluding carboxylic acids is 1. The lowest BCUT2D eigenvalue weighted by molar-refractivity contribution is -0.143. The molecule has 2 fully saturated rings. The fourth-order valence-corrected chi connectivity index (χ4v) is 6.15. The highest BCUT2D eigenvalue weighted by Gasteiger charge is 2.37. The lowest BCUT2D eigenvalue weighted by Crippen LogP contribution is -2.49. The second kappa shape index (κ2) is 13.8. The number of hydrogen-bond acceptors (Lipinski definition) is 5. The first-order valence-corrected chi connectivity index (χ1v) is 14.5. The van der Waals surface area contributed by atoms with Gasteiger partial charge in [-0.3, -0.25) is 9.69 Å². The third-order valence-electron chi connectivity index (χ3n) is 8.52. The standard InChI is InChI=1S/C31H39F6N3O3/c1-38(29(41)17-21-15-22(30(32,33)34)18-23(16-21)31(35,36)37)20-27(26-19-25(42-2)7-8-28(26)43-3)40-13-9-24(10-14-40)39-11-5-4-6-12-39/h7-8,15-16,18-19,24,27H,4-6,9-14,17,20H2,1-3H3. The highest BCUT2D eigenvalue weighted by molar-refractivity contribution is 5.78. The summed E-state index contributed by atoms with van der Waals surface area (Å²) in [5.74, 6) is 0.599. The first-order chi connectivity index (χ1) is 20.3. The molecule has 1 unspecified atom stereocenters. The van der Waals surface area contributed by atoms with Crippen molar-refractivity contribution in [2.24, 2.45) is 0 Å². The van der Waals surface area contributed by atoms with Crippen LogP contribution >= 0.6 is 0 Å². The van der Waals surface area contributed by atoms with Crippen molar-refractivity contribution in [3.8, 4) is 11.5 Å². The molecule has 12 heteroatoms. The second-order valence-electron chi connectivity index (χ2n) is 11.4. The van der Waals surface area contributed by atoms with E-state index in [0.29, 0.717) is 29.7 Å². The van der Waals surface area contributed by atoms with Gasteiger partial charge in [-0.1, -0.05) is 6.42 Å². The predicted molar refractivity (Wildman–Crippen MR) is 150 cm³/mol. The van der Waals surface area contributed by atoms with E-state index in [2.05, 4.69) is 9.80 Å². The van der Waals surface area contributed by atoms with Gasteiger partial charge < -0.3 is 19.3 Å². The number of nitrogens with zero attached hydrogens (tertiary/aromatic N) is 3. The zero-order valence-electron chi connectivity index (χ0n) is 24.7. The molecule has 2 aliphatic rings. The Labute approximate surface area is 248 Å². The van der Waals surface area contributed by atoms with Gasteiger partial charge in [0.25, 0.3) is 0 Å². The van der Waals surface area contributed by atoms with Crippen LogP contribution in [0.3, 0.4) is 0 Å². The summed E-state index contributed by atoms with van der Waals surface area (Å²) >= 11 is 0. The molecule has 0 N–H and O–H groups in total. The smallest absolute Gasteiger partial charge is 0.416 e. The fraction of sp³-hybridized carbons (Fsp3) is 0.581. The molecule has 0 aliphatic carbocycles. The molecule has 0 bridgehead atoms. The van der Waals surface area contributed by atoms with Crippen LogP contribution in [0.15, 0.2) is 36.4 Å². The third-order valence-corrected chi connectivity index (χ3v) is 8.52. The average molecular weight is 616 g/mol. The molecule has 0 radical (unpaired) electrons. The number of benzene rings is 2. The van der Waals surface area contributed by atoms with Crippen LogP contribution < -0.4 is 9.47 Å². The molecule has 1 amide bonds. The van der Waals surface area contributed by atoms with Crippen molar-refractivity contribution in [1.82, 2.24) is 14.7 Å². The Kier molecular flexibility index (Phi) is 10.5. The van der Waals surface area contributed by atoms with Gasteiger partial charge in [-0.15, -0.1) is 0 Å². The molecule has 2 aromatic carbocycles. The van der Waals surface area contributed by atoms with Crippen LogP contribution in [0.4, 0.5) is 26.3 Å². The first kappa shape index (κ1) is 32.9. The van der Waals surface area contributed by atoms with E-state index in [0.717, 1.165) is 44.6 Å². The van der Waals surface area contributed by atoms with Crippen molar-refractivity contribution >= 4 is 5.91 Å². The number of methoxy groups -OCH3 is 2. The maximum absolute atomic E-state index is 13.4. The molecule has 6 nitrogen and oxygen atoms in total. The summed E-state index contributed by atoms with van der Waals surface area (Å²) in [5.41, 5.74) is -2.44. The largest absolute Gasteiger partial charge is 0.497 e. The van der Waals surface area contributed by atoms with E-state index >= 15 is 0 Å². The van der Waals surface area contributed by atoms with Crippen LogP contribution in [0.2, 0.25) is 0 Å². The summed E-state index contributed by atoms with van der Waals surface area (Å²) in [7, 11) is 4.61. The summed E-state index contributed by atoms with van der Waals surface area (Å²) in [6.07, 6.45) is -5.03. The fourth-order valence-electron chi connectivity index (χ4n) is 6.15. The lowest BCUT2D eigenvalue weighted by atomic mass is 9.95. The quantitative estimate of drug-likeness (QED) is 0.304. The van der Waals surface area contributed by atoms with E-state index in [4.69, 9.17) is 9.47 Å². The number of ether oxygens (including phenoxy) is 2. The van der Waals surface area contributed by atoms with Gasteiger partial charge in [-0.25, -0.2) is 0 Å². The monoisotopic (exact) mass is 615 g/mol. The number of hydrogen-bond donors (Lipinski definition) is 0. The molecular weight excluding hydrogens is 576 g/mol. The normalized spacial score (nSPS) is 18.3. The molecule has 2 aliphatic heterocycles. The van der Waals surface area contributed by atoms with E-state index in [1.54, 1.807) is 26.4 Å². The number of amides is 1. The van der Waals surface area contributed by atoms with E-state index in [1.807, 2.05) is 6.07 Å². The molecule has 2 heterocycles. The molecule has 2 saturated heterocycles. The van der Waals surface area contributed by atoms with Crippen LogP contribution in [0.1, 0.15) is 60.4 Å². The topological polar surface area (TPSA) is 45.3 Å². The van der Waals surface area contributed by atoms with Gasteiger partial charge in [0.2, 0.25) is 5.91 Å². The second-order valence-corrected chi connectivity index (χ2v) is 11.4. The summed E-state index contributed by atoms with van der Waals surface area (Å²) in [6.45, 7) is 3.87. The number of carbonyl (C=O) groups is 1. The number of rotatable bonds is 9. The number of likely N-dealkylation sites (tertiary alicyclic amines) is 2. The van der Waals surface area contributed by atoms with Crippen LogP contribution in [0.25, 0.3) is 0 Å². The van der Waals surface area contributed by atoms with Crippen LogP contribution in [0.5, 0.6) is 11.5 Å². The Morgan fingerprint density at radius 3 is 2.02 bits per heavy atom. The van der Waals surface area contributed by atoms with Gasteiger partial charge in [0.1, 0.15) is 11.5 Å². The maximum atomic E-state index is 13.4. The maximum Gasteiger partial charge on any atom is 0.416 e. The summed E-state index contributed by atoms with van der Waals surface area (Å²) in [5, 5.41) is 0. The lowest BCUT2D eigenvalue weighted by Gasteiger charge is -2.43. The van der Waals surface area contributed by atoms with Gasteiger partial charge >= 0.3 is 12.4 Å². The minimum Gasteiger partial charge on any atom is -0.497 e. The zero-order valence-corrected chi connectivity index (χ0v) is 24.7. The van der Waals surface area contributed by atoms with Gasteiger partial charge in [0.05, 0.1) is 37.8 Å². The Morgan fingerprint density at radius 2 is 1.49 bits per heavy atom. The van der Waals surface area contributed by atoms with Gasteiger partial charge in [-0.05, 0) is 80.7 Å². The SMILES string of the molecule is COc1ccc(OC)c(C(CN(C)C(=O)Cc2cc(C(F)(F)F)cc(C(F)(F)F)c2)N2CCC(N3CCCCC3)CC2)c1. The molecule has 1 atom stereocenters. The Hall–Kier alpha value is -2.99. The van der Waals surface area contributed by atoms with Crippen molar-refractivity contribution in [2.45, 2.75) is 63.0 Å². The van der Waals surface area contributed by atoms with Crippen molar-refractivity contribution < 1.29 is 40.6 Å². The number of halogens is 6. The molecule has 238 valence electrons. The van der Waals surface area contributed by atoms with Crippen molar-refractivity contribution in [3.63, 3.8) is 0 Å². The Morgan fingerprint density at radius 1 is 0.884 bits per heavy atom. The van der Waals surface area contributed by atoms with Gasteiger partial charge in [0, 0.05) is 38.3 Å². The van der Waals surface area contributed by atoms with Gasteiger partial charge in [-0.2, -0.15) is 26.3 Å². The summed E-state index contributed by atoms with van der Waals surface area (Å²) in [6, 6.07) is 6.82. The van der Waals surface area contributed by atoms with E-state index in [9.17, 15) is 31.1 Å². The number of alkyl halides is 6.